The summed E-state index contributed by atoms with van der Waals surface area (Å²) in [5.74, 6) is 1.01. The van der Waals surface area contributed by atoms with Gasteiger partial charge in [-0.1, -0.05) is 41.6 Å². The molecule has 4 aromatic rings. The number of carbonyl (C=O) groups is 1. The van der Waals surface area contributed by atoms with Crippen molar-refractivity contribution in [3.63, 3.8) is 0 Å². The molecule has 0 radical (unpaired) electrons. The van der Waals surface area contributed by atoms with E-state index in [0.29, 0.717) is 5.16 Å². The first kappa shape index (κ1) is 20.9. The van der Waals surface area contributed by atoms with Crippen LogP contribution in [-0.2, 0) is 4.79 Å². The molecule has 0 saturated heterocycles. The number of aromatic nitrogens is 5. The van der Waals surface area contributed by atoms with Crippen LogP contribution in [0.25, 0.3) is 11.4 Å². The van der Waals surface area contributed by atoms with Crippen molar-refractivity contribution in [3.05, 3.63) is 84.2 Å². The molecule has 31 heavy (non-hydrogen) atoms. The van der Waals surface area contributed by atoms with Gasteiger partial charge in [-0.25, -0.2) is 4.98 Å². The second-order valence-corrected chi connectivity index (χ2v) is 8.28. The number of imidazole rings is 1. The molecule has 0 aliphatic heterocycles. The smallest absolute Gasteiger partial charge is 0.230 e. The van der Waals surface area contributed by atoms with Gasteiger partial charge in [0.25, 0.3) is 0 Å². The van der Waals surface area contributed by atoms with Crippen molar-refractivity contribution in [1.29, 1.82) is 0 Å². The van der Waals surface area contributed by atoms with Crippen molar-refractivity contribution in [2.45, 2.75) is 32.0 Å². The van der Waals surface area contributed by atoms with Crippen LogP contribution >= 0.6 is 11.8 Å². The molecule has 0 aliphatic rings. The van der Waals surface area contributed by atoms with Crippen LogP contribution in [0.4, 0.5) is 0 Å². The fraction of sp³-hybridized carbons (Fsp3) is 0.217. The average molecular weight is 433 g/mol. The third-order valence-corrected chi connectivity index (χ3v) is 5.92. The van der Waals surface area contributed by atoms with Gasteiger partial charge in [-0.2, -0.15) is 0 Å². The number of hydrogen-bond donors (Lipinski definition) is 1. The van der Waals surface area contributed by atoms with E-state index >= 15 is 0 Å². The van der Waals surface area contributed by atoms with Crippen LogP contribution < -0.4 is 5.32 Å². The van der Waals surface area contributed by atoms with Gasteiger partial charge in [0.15, 0.2) is 5.16 Å². The first-order valence-electron chi connectivity index (χ1n) is 10.0. The first-order chi connectivity index (χ1) is 15.0. The van der Waals surface area contributed by atoms with Crippen LogP contribution in [0, 0.1) is 13.8 Å². The SMILES string of the molecule is Cc1ccc(-n2c(C)nnc2SCC(=O)N[C@H](C)c2ccc(-n3ccnc3)cc2)cc1. The van der Waals surface area contributed by atoms with Crippen molar-refractivity contribution >= 4 is 17.7 Å². The predicted molar refractivity (Wildman–Crippen MR) is 122 cm³/mol. The lowest BCUT2D eigenvalue weighted by molar-refractivity contribution is -0.119. The van der Waals surface area contributed by atoms with Crippen LogP contribution in [0.5, 0.6) is 0 Å². The van der Waals surface area contributed by atoms with Crippen molar-refractivity contribution in [3.8, 4) is 11.4 Å². The molecule has 1 atom stereocenters. The Morgan fingerprint density at radius 3 is 2.42 bits per heavy atom. The summed E-state index contributed by atoms with van der Waals surface area (Å²) in [5.41, 5.74) is 4.25. The molecule has 2 aromatic heterocycles. The van der Waals surface area contributed by atoms with Gasteiger partial charge in [-0.3, -0.25) is 9.36 Å². The predicted octanol–water partition coefficient (Wildman–Crippen LogP) is 4.04. The van der Waals surface area contributed by atoms with Crippen LogP contribution in [0.1, 0.15) is 29.9 Å². The lowest BCUT2D eigenvalue weighted by Crippen LogP contribution is -2.28. The maximum Gasteiger partial charge on any atom is 0.230 e. The molecular weight excluding hydrogens is 408 g/mol. The highest BCUT2D eigenvalue weighted by Crippen LogP contribution is 2.22. The van der Waals surface area contributed by atoms with Crippen molar-refractivity contribution in [2.24, 2.45) is 0 Å². The number of amides is 1. The lowest BCUT2D eigenvalue weighted by atomic mass is 10.1. The minimum atomic E-state index is -0.0957. The molecule has 0 unspecified atom stereocenters. The highest BCUT2D eigenvalue weighted by atomic mass is 32.2. The average Bonchev–Trinajstić information content (AvgIpc) is 3.43. The summed E-state index contributed by atoms with van der Waals surface area (Å²) in [6.07, 6.45) is 5.40. The Bertz CT molecular complexity index is 1150. The van der Waals surface area contributed by atoms with Gasteiger partial charge in [0.05, 0.1) is 18.1 Å². The van der Waals surface area contributed by atoms with Crippen LogP contribution in [0.15, 0.2) is 72.4 Å². The van der Waals surface area contributed by atoms with Gasteiger partial charge in [0.1, 0.15) is 5.82 Å². The Kier molecular flexibility index (Phi) is 6.18. The molecule has 2 aromatic carbocycles. The summed E-state index contributed by atoms with van der Waals surface area (Å²) in [5, 5.41) is 12.2. The molecular formula is C23H24N6OS. The molecule has 0 bridgehead atoms. The number of thioether (sulfide) groups is 1. The summed E-state index contributed by atoms with van der Waals surface area (Å²) in [7, 11) is 0. The van der Waals surface area contributed by atoms with Crippen LogP contribution in [0.3, 0.4) is 0 Å². The number of rotatable bonds is 7. The molecule has 158 valence electrons. The van der Waals surface area contributed by atoms with E-state index in [1.807, 2.05) is 65.6 Å². The quantitative estimate of drug-likeness (QED) is 0.446. The molecule has 7 nitrogen and oxygen atoms in total. The first-order valence-corrected chi connectivity index (χ1v) is 11.0. The molecule has 4 rings (SSSR count). The van der Waals surface area contributed by atoms with Crippen molar-refractivity contribution in [2.75, 3.05) is 5.75 Å². The Labute approximate surface area is 185 Å². The topological polar surface area (TPSA) is 77.6 Å². The minimum absolute atomic E-state index is 0.0488. The van der Waals surface area contributed by atoms with Gasteiger partial charge in [-0.05, 0) is 50.6 Å². The van der Waals surface area contributed by atoms with E-state index in [1.165, 1.54) is 17.3 Å². The zero-order valence-corrected chi connectivity index (χ0v) is 18.5. The van der Waals surface area contributed by atoms with Gasteiger partial charge >= 0.3 is 0 Å². The minimum Gasteiger partial charge on any atom is -0.349 e. The second-order valence-electron chi connectivity index (χ2n) is 7.34. The summed E-state index contributed by atoms with van der Waals surface area (Å²) >= 11 is 1.38. The van der Waals surface area contributed by atoms with E-state index in [0.717, 1.165) is 22.8 Å². The fourth-order valence-corrected chi connectivity index (χ4v) is 4.08. The Hall–Kier alpha value is -3.39. The number of aryl methyl sites for hydroxylation is 2. The standard InChI is InChI=1S/C23H24N6OS/c1-16-4-8-21(9-5-16)29-18(3)26-27-23(29)31-14-22(30)25-17(2)19-6-10-20(11-7-19)28-13-12-24-15-28/h4-13,15,17H,14H2,1-3H3,(H,25,30)/t17-/m1/s1. The zero-order chi connectivity index (χ0) is 21.8. The molecule has 0 spiro atoms. The van der Waals surface area contributed by atoms with Gasteiger partial charge in [0, 0.05) is 23.8 Å². The number of hydrogen-bond acceptors (Lipinski definition) is 5. The van der Waals surface area contributed by atoms with Gasteiger partial charge in [-0.15, -0.1) is 10.2 Å². The fourth-order valence-electron chi connectivity index (χ4n) is 3.27. The second kappa shape index (κ2) is 9.18. The Balaban J connectivity index is 1.37. The van der Waals surface area contributed by atoms with Gasteiger partial charge in [0.2, 0.25) is 5.91 Å². The number of benzene rings is 2. The van der Waals surface area contributed by atoms with Crippen molar-refractivity contribution in [1.82, 2.24) is 29.6 Å². The number of nitrogens with zero attached hydrogens (tertiary/aromatic N) is 5. The summed E-state index contributed by atoms with van der Waals surface area (Å²) in [4.78, 5) is 16.6. The monoisotopic (exact) mass is 432 g/mol. The van der Waals surface area contributed by atoms with Crippen molar-refractivity contribution < 1.29 is 4.79 Å². The van der Waals surface area contributed by atoms with E-state index in [9.17, 15) is 4.79 Å². The Morgan fingerprint density at radius 2 is 1.74 bits per heavy atom. The number of carbonyl (C=O) groups excluding carboxylic acids is 1. The highest BCUT2D eigenvalue weighted by Gasteiger charge is 2.15. The largest absolute Gasteiger partial charge is 0.349 e. The number of nitrogens with one attached hydrogen (secondary N) is 1. The van der Waals surface area contributed by atoms with Crippen LogP contribution in [-0.4, -0.2) is 36.0 Å². The Morgan fingerprint density at radius 1 is 1.03 bits per heavy atom. The van der Waals surface area contributed by atoms with E-state index in [-0.39, 0.29) is 17.7 Å². The molecule has 0 saturated carbocycles. The van der Waals surface area contributed by atoms with E-state index in [2.05, 4.69) is 39.6 Å². The molecule has 2 heterocycles. The lowest BCUT2D eigenvalue weighted by Gasteiger charge is -2.15. The molecule has 8 heteroatoms. The third-order valence-electron chi connectivity index (χ3n) is 4.99. The molecule has 0 aliphatic carbocycles. The summed E-state index contributed by atoms with van der Waals surface area (Å²) < 4.78 is 3.91. The highest BCUT2D eigenvalue weighted by molar-refractivity contribution is 7.99. The summed E-state index contributed by atoms with van der Waals surface area (Å²) in [6.45, 7) is 5.94. The maximum atomic E-state index is 12.6. The maximum absolute atomic E-state index is 12.6. The van der Waals surface area contributed by atoms with E-state index in [1.54, 1.807) is 12.5 Å². The molecule has 1 amide bonds. The summed E-state index contributed by atoms with van der Waals surface area (Å²) in [6, 6.07) is 16.1. The van der Waals surface area contributed by atoms with Gasteiger partial charge < -0.3 is 9.88 Å². The van der Waals surface area contributed by atoms with E-state index in [4.69, 9.17) is 0 Å². The van der Waals surface area contributed by atoms with E-state index < -0.39 is 0 Å². The molecule has 0 fully saturated rings. The third kappa shape index (κ3) is 4.86. The normalized spacial score (nSPS) is 12.0. The van der Waals surface area contributed by atoms with Crippen LogP contribution in [0.2, 0.25) is 0 Å². The zero-order valence-electron chi connectivity index (χ0n) is 17.7. The molecule has 1 N–H and O–H groups in total.